The number of benzene rings is 1. The van der Waals surface area contributed by atoms with Crippen LogP contribution in [0.25, 0.3) is 0 Å². The highest BCUT2D eigenvalue weighted by atomic mass is 32.1. The van der Waals surface area contributed by atoms with Gasteiger partial charge in [0.05, 0.1) is 18.6 Å². The average molecular weight is 351 g/mol. The van der Waals surface area contributed by atoms with Crippen LogP contribution in [0.2, 0.25) is 0 Å². The fraction of sp³-hybridized carbons (Fsp3) is 0.190. The lowest BCUT2D eigenvalue weighted by Gasteiger charge is -2.35. The van der Waals surface area contributed by atoms with Crippen LogP contribution in [0.4, 0.5) is 0 Å². The van der Waals surface area contributed by atoms with Crippen LogP contribution >= 0.6 is 11.3 Å². The number of amides is 1. The minimum absolute atomic E-state index is 0.00528. The van der Waals surface area contributed by atoms with Gasteiger partial charge in [-0.15, -0.1) is 11.3 Å². The minimum atomic E-state index is 0.00528. The normalized spacial score (nSPS) is 15.7. The zero-order valence-electron chi connectivity index (χ0n) is 14.2. The molecule has 1 aliphatic heterocycles. The monoisotopic (exact) mass is 351 g/mol. The Labute approximate surface area is 152 Å². The van der Waals surface area contributed by atoms with Gasteiger partial charge in [0.2, 0.25) is 5.91 Å². The van der Waals surface area contributed by atoms with Gasteiger partial charge in [-0.3, -0.25) is 4.79 Å². The van der Waals surface area contributed by atoms with Crippen LogP contribution in [0, 0.1) is 6.92 Å². The number of thiophene rings is 1. The summed E-state index contributed by atoms with van der Waals surface area (Å²) in [6, 6.07) is 14.3. The molecular weight excluding hydrogens is 330 g/mol. The molecule has 0 bridgehead atoms. The Morgan fingerprint density at radius 2 is 2.08 bits per heavy atom. The van der Waals surface area contributed by atoms with Gasteiger partial charge in [-0.1, -0.05) is 36.9 Å². The van der Waals surface area contributed by atoms with E-state index in [-0.39, 0.29) is 11.9 Å². The van der Waals surface area contributed by atoms with Crippen molar-refractivity contribution in [3.05, 3.63) is 94.6 Å². The molecule has 0 radical (unpaired) electrons. The van der Waals surface area contributed by atoms with Crippen LogP contribution in [0.1, 0.15) is 27.6 Å². The van der Waals surface area contributed by atoms with E-state index in [1.165, 1.54) is 22.1 Å². The Hall–Kier alpha value is -2.59. The second-order valence-corrected chi connectivity index (χ2v) is 6.90. The first-order valence-corrected chi connectivity index (χ1v) is 9.11. The fourth-order valence-electron chi connectivity index (χ4n) is 3.00. The molecule has 0 aliphatic carbocycles. The largest absolute Gasteiger partial charge is 0.472 e. The van der Waals surface area contributed by atoms with Gasteiger partial charge < -0.3 is 9.32 Å². The van der Waals surface area contributed by atoms with Crippen molar-refractivity contribution in [1.82, 2.24) is 4.90 Å². The predicted octanol–water partition coefficient (Wildman–Crippen LogP) is 5.00. The number of fused-ring (bicyclic) bond motifs is 1. The van der Waals surface area contributed by atoms with Crippen molar-refractivity contribution in [1.29, 1.82) is 0 Å². The Morgan fingerprint density at radius 3 is 2.68 bits per heavy atom. The van der Waals surface area contributed by atoms with Crippen LogP contribution < -0.4 is 0 Å². The number of nitrogens with zero attached hydrogens (tertiary/aromatic N) is 1. The smallest absolute Gasteiger partial charge is 0.246 e. The van der Waals surface area contributed by atoms with E-state index in [2.05, 4.69) is 30.2 Å². The van der Waals surface area contributed by atoms with Crippen molar-refractivity contribution in [2.24, 2.45) is 0 Å². The maximum absolute atomic E-state index is 12.1. The molecule has 1 unspecified atom stereocenters. The van der Waals surface area contributed by atoms with E-state index < -0.39 is 0 Å². The van der Waals surface area contributed by atoms with Gasteiger partial charge in [-0.05, 0) is 53.6 Å². The summed E-state index contributed by atoms with van der Waals surface area (Å²) in [6.07, 6.45) is 5.72. The maximum Gasteiger partial charge on any atom is 0.246 e. The zero-order chi connectivity index (χ0) is 17.6. The quantitative estimate of drug-likeness (QED) is 0.609. The van der Waals surface area contributed by atoms with Crippen LogP contribution in [0.3, 0.4) is 0 Å². The van der Waals surface area contributed by atoms with Crippen molar-refractivity contribution in [3.8, 4) is 0 Å². The fourth-order valence-corrected chi connectivity index (χ4v) is 3.90. The van der Waals surface area contributed by atoms with Gasteiger partial charge >= 0.3 is 0 Å². The van der Waals surface area contributed by atoms with Crippen molar-refractivity contribution < 1.29 is 9.21 Å². The lowest BCUT2D eigenvalue weighted by atomic mass is 9.93. The third kappa shape index (κ3) is 3.91. The van der Waals surface area contributed by atoms with Gasteiger partial charge in [0, 0.05) is 11.4 Å². The van der Waals surface area contributed by atoms with Gasteiger partial charge in [-0.25, -0.2) is 0 Å². The van der Waals surface area contributed by atoms with Gasteiger partial charge in [0.25, 0.3) is 0 Å². The maximum atomic E-state index is 12.1. The molecule has 3 nitrogen and oxygen atoms in total. The standard InChI is InChI=1S/C16H15NOS.C5H6O/c1-2-15(18)17-10-8-14-13(9-11-19-14)16(17)12-6-4-3-5-7-12;1-5-2-3-6-4-5/h2-7,9,11,16H,1,8,10H2;2-4H,1H3. The molecule has 1 amide bonds. The molecular formula is C21H21NO2S. The summed E-state index contributed by atoms with van der Waals surface area (Å²) in [5.41, 5.74) is 3.60. The van der Waals surface area contributed by atoms with E-state index in [0.717, 1.165) is 18.5 Å². The van der Waals surface area contributed by atoms with Crippen LogP contribution in [0.5, 0.6) is 0 Å². The van der Waals surface area contributed by atoms with E-state index in [1.54, 1.807) is 23.9 Å². The van der Waals surface area contributed by atoms with E-state index in [1.807, 2.05) is 36.1 Å². The number of hydrogen-bond acceptors (Lipinski definition) is 3. The zero-order valence-corrected chi connectivity index (χ0v) is 15.0. The lowest BCUT2D eigenvalue weighted by Crippen LogP contribution is -2.39. The molecule has 1 aliphatic rings. The summed E-state index contributed by atoms with van der Waals surface area (Å²) in [5.74, 6) is 0.00528. The number of hydrogen-bond donors (Lipinski definition) is 0. The Bertz CT molecular complexity index is 821. The number of aryl methyl sites for hydroxylation is 1. The second kappa shape index (κ2) is 7.99. The molecule has 0 saturated heterocycles. The van der Waals surface area contributed by atoms with Crippen molar-refractivity contribution in [2.45, 2.75) is 19.4 Å². The predicted molar refractivity (Wildman–Crippen MR) is 102 cm³/mol. The second-order valence-electron chi connectivity index (χ2n) is 5.90. The Kier molecular flexibility index (Phi) is 5.51. The van der Waals surface area contributed by atoms with Gasteiger partial charge in [0.1, 0.15) is 0 Å². The summed E-state index contributed by atoms with van der Waals surface area (Å²) in [5, 5.41) is 2.11. The summed E-state index contributed by atoms with van der Waals surface area (Å²) in [6.45, 7) is 6.37. The van der Waals surface area contributed by atoms with Crippen LogP contribution in [-0.4, -0.2) is 17.4 Å². The molecule has 0 spiro atoms. The van der Waals surface area contributed by atoms with Gasteiger partial charge in [0.15, 0.2) is 0 Å². The van der Waals surface area contributed by atoms with Crippen LogP contribution in [-0.2, 0) is 11.2 Å². The average Bonchev–Trinajstić information content (AvgIpc) is 3.32. The van der Waals surface area contributed by atoms with Crippen molar-refractivity contribution in [2.75, 3.05) is 6.54 Å². The molecule has 0 fully saturated rings. The topological polar surface area (TPSA) is 33.5 Å². The summed E-state index contributed by atoms with van der Waals surface area (Å²) in [7, 11) is 0. The molecule has 4 heteroatoms. The molecule has 4 rings (SSSR count). The number of furan rings is 1. The molecule has 128 valence electrons. The highest BCUT2D eigenvalue weighted by Crippen LogP contribution is 2.37. The molecule has 0 saturated carbocycles. The number of carbonyl (C=O) groups excluding carboxylic acids is 1. The SMILES string of the molecule is C=CC(=O)N1CCc2sccc2C1c1ccccc1.Cc1ccoc1. The molecule has 1 aromatic carbocycles. The van der Waals surface area contributed by atoms with E-state index in [4.69, 9.17) is 4.42 Å². The molecule has 25 heavy (non-hydrogen) atoms. The molecule has 0 N–H and O–H groups in total. The minimum Gasteiger partial charge on any atom is -0.472 e. The van der Waals surface area contributed by atoms with E-state index in [0.29, 0.717) is 0 Å². The Morgan fingerprint density at radius 1 is 1.28 bits per heavy atom. The molecule has 1 atom stereocenters. The highest BCUT2D eigenvalue weighted by molar-refractivity contribution is 7.10. The first-order chi connectivity index (χ1) is 12.2. The third-order valence-electron chi connectivity index (χ3n) is 4.20. The number of carbonyl (C=O) groups is 1. The summed E-state index contributed by atoms with van der Waals surface area (Å²) >= 11 is 1.78. The Balaban J connectivity index is 0.000000258. The lowest BCUT2D eigenvalue weighted by molar-refractivity contribution is -0.128. The first kappa shape index (κ1) is 17.2. The molecule has 2 aromatic heterocycles. The van der Waals surface area contributed by atoms with Gasteiger partial charge in [-0.2, -0.15) is 0 Å². The third-order valence-corrected chi connectivity index (χ3v) is 5.20. The molecule has 3 heterocycles. The van der Waals surface area contributed by atoms with E-state index >= 15 is 0 Å². The van der Waals surface area contributed by atoms with Crippen molar-refractivity contribution in [3.63, 3.8) is 0 Å². The van der Waals surface area contributed by atoms with E-state index in [9.17, 15) is 4.79 Å². The number of rotatable bonds is 2. The summed E-state index contributed by atoms with van der Waals surface area (Å²) < 4.78 is 4.71. The highest BCUT2D eigenvalue weighted by Gasteiger charge is 2.31. The summed E-state index contributed by atoms with van der Waals surface area (Å²) in [4.78, 5) is 15.4. The molecule has 3 aromatic rings. The van der Waals surface area contributed by atoms with Crippen molar-refractivity contribution >= 4 is 17.2 Å². The first-order valence-electron chi connectivity index (χ1n) is 8.23. The van der Waals surface area contributed by atoms with Crippen LogP contribution in [0.15, 0.2) is 77.4 Å².